The van der Waals surface area contributed by atoms with Gasteiger partial charge in [-0.1, -0.05) is 34.1 Å². The minimum atomic E-state index is -0.896. The van der Waals surface area contributed by atoms with Crippen molar-refractivity contribution in [3.63, 3.8) is 0 Å². The molecule has 1 N–H and O–H groups in total. The van der Waals surface area contributed by atoms with Crippen LogP contribution in [0.4, 0.5) is 0 Å². The molecule has 0 radical (unpaired) electrons. The fourth-order valence-corrected chi connectivity index (χ4v) is 2.34. The van der Waals surface area contributed by atoms with Crippen molar-refractivity contribution in [1.82, 2.24) is 0 Å². The molecule has 1 atom stereocenters. The zero-order valence-corrected chi connectivity index (χ0v) is 15.3. The van der Waals surface area contributed by atoms with Gasteiger partial charge in [0.25, 0.3) is 0 Å². The highest BCUT2D eigenvalue weighted by Gasteiger charge is 2.18. The largest absolute Gasteiger partial charge is 0.504 e. The number of hydrogen-bond acceptors (Lipinski definition) is 5. The van der Waals surface area contributed by atoms with Gasteiger partial charge in [-0.3, -0.25) is 4.79 Å². The van der Waals surface area contributed by atoms with Gasteiger partial charge in [0.15, 0.2) is 17.6 Å². The van der Waals surface area contributed by atoms with E-state index < -0.39 is 12.1 Å². The van der Waals surface area contributed by atoms with Gasteiger partial charge in [0.05, 0.1) is 7.11 Å². The quantitative estimate of drug-likeness (QED) is 0.447. The van der Waals surface area contributed by atoms with E-state index >= 15 is 0 Å². The highest BCUT2D eigenvalue weighted by Crippen LogP contribution is 2.26. The molecule has 6 heteroatoms. The predicted molar refractivity (Wildman–Crippen MR) is 97.7 cm³/mol. The molecule has 5 nitrogen and oxygen atoms in total. The van der Waals surface area contributed by atoms with Crippen LogP contribution in [0.3, 0.4) is 0 Å². The molecule has 0 aliphatic heterocycles. The number of halogens is 1. The third kappa shape index (κ3) is 5.19. The first kappa shape index (κ1) is 18.7. The van der Waals surface area contributed by atoms with Crippen molar-refractivity contribution in [2.45, 2.75) is 13.0 Å². The number of carbonyl (C=O) groups excluding carboxylic acids is 2. The smallest absolute Gasteiger partial charge is 0.331 e. The number of ether oxygens (including phenoxy) is 2. The normalized spacial score (nSPS) is 12.0. The first-order valence-electron chi connectivity index (χ1n) is 7.46. The van der Waals surface area contributed by atoms with E-state index in [2.05, 4.69) is 15.9 Å². The summed E-state index contributed by atoms with van der Waals surface area (Å²) in [5, 5.41) is 9.54. The molecular weight excluding hydrogens is 388 g/mol. The van der Waals surface area contributed by atoms with Crippen LogP contribution in [0, 0.1) is 0 Å². The molecule has 0 aliphatic carbocycles. The summed E-state index contributed by atoms with van der Waals surface area (Å²) < 4.78 is 11.0. The molecule has 2 aromatic rings. The Morgan fingerprint density at radius 1 is 1.16 bits per heavy atom. The zero-order valence-electron chi connectivity index (χ0n) is 13.7. The molecule has 0 fully saturated rings. The van der Waals surface area contributed by atoms with Crippen molar-refractivity contribution in [3.05, 3.63) is 64.1 Å². The minimum Gasteiger partial charge on any atom is -0.504 e. The number of carbonyl (C=O) groups is 2. The maximum Gasteiger partial charge on any atom is 0.331 e. The van der Waals surface area contributed by atoms with Crippen LogP contribution in [0.2, 0.25) is 0 Å². The third-order valence-corrected chi connectivity index (χ3v) is 3.94. The van der Waals surface area contributed by atoms with Crippen LogP contribution in [0.15, 0.2) is 53.0 Å². The molecule has 0 amide bonds. The molecule has 0 unspecified atom stereocenters. The molecule has 130 valence electrons. The number of phenols is 1. The van der Waals surface area contributed by atoms with Gasteiger partial charge >= 0.3 is 5.97 Å². The van der Waals surface area contributed by atoms with E-state index in [0.29, 0.717) is 16.9 Å². The van der Waals surface area contributed by atoms with Crippen LogP contribution < -0.4 is 4.74 Å². The second-order valence-corrected chi connectivity index (χ2v) is 6.13. The van der Waals surface area contributed by atoms with Gasteiger partial charge in [-0.25, -0.2) is 4.79 Å². The van der Waals surface area contributed by atoms with Crippen LogP contribution in [-0.4, -0.2) is 30.1 Å². The maximum absolute atomic E-state index is 12.2. The van der Waals surface area contributed by atoms with Crippen molar-refractivity contribution < 1.29 is 24.2 Å². The average Bonchev–Trinajstić information content (AvgIpc) is 2.61. The monoisotopic (exact) mass is 404 g/mol. The highest BCUT2D eigenvalue weighted by molar-refractivity contribution is 9.10. The molecule has 25 heavy (non-hydrogen) atoms. The number of ketones is 1. The lowest BCUT2D eigenvalue weighted by atomic mass is 10.1. The molecule has 0 saturated heterocycles. The second-order valence-electron chi connectivity index (χ2n) is 5.21. The lowest BCUT2D eigenvalue weighted by Crippen LogP contribution is -2.23. The molecule has 0 aliphatic rings. The Kier molecular flexibility index (Phi) is 6.36. The fourth-order valence-electron chi connectivity index (χ4n) is 2.08. The molecule has 2 rings (SSSR count). The summed E-state index contributed by atoms with van der Waals surface area (Å²) >= 11 is 3.30. The summed E-state index contributed by atoms with van der Waals surface area (Å²) in [6.07, 6.45) is 1.84. The number of benzene rings is 2. The third-order valence-electron chi connectivity index (χ3n) is 3.41. The topological polar surface area (TPSA) is 72.8 Å². The van der Waals surface area contributed by atoms with Crippen LogP contribution in [0.5, 0.6) is 11.5 Å². The van der Waals surface area contributed by atoms with E-state index in [1.54, 1.807) is 36.4 Å². The van der Waals surface area contributed by atoms with Gasteiger partial charge in [-0.15, -0.1) is 0 Å². The summed E-state index contributed by atoms with van der Waals surface area (Å²) in [5.74, 6) is -0.601. The number of rotatable bonds is 6. The van der Waals surface area contributed by atoms with E-state index in [1.807, 2.05) is 0 Å². The number of phenolic OH excluding ortho intramolecular Hbond substituents is 1. The number of esters is 1. The van der Waals surface area contributed by atoms with Crippen molar-refractivity contribution in [3.8, 4) is 11.5 Å². The van der Waals surface area contributed by atoms with E-state index in [-0.39, 0.29) is 11.5 Å². The summed E-state index contributed by atoms with van der Waals surface area (Å²) in [6, 6.07) is 11.5. The van der Waals surface area contributed by atoms with Crippen molar-refractivity contribution in [2.24, 2.45) is 0 Å². The number of aromatic hydroxyl groups is 1. The summed E-state index contributed by atoms with van der Waals surface area (Å²) in [7, 11) is 1.44. The zero-order chi connectivity index (χ0) is 18.4. The molecule has 2 aromatic carbocycles. The fraction of sp³-hybridized carbons (Fsp3) is 0.158. The molecule has 0 aromatic heterocycles. The lowest BCUT2D eigenvalue weighted by molar-refractivity contribution is -0.140. The molecular formula is C19H17BrO5. The Labute approximate surface area is 154 Å². The van der Waals surface area contributed by atoms with E-state index in [0.717, 1.165) is 4.47 Å². The van der Waals surface area contributed by atoms with Crippen LogP contribution in [0.25, 0.3) is 6.08 Å². The van der Waals surface area contributed by atoms with Crippen LogP contribution >= 0.6 is 15.9 Å². The van der Waals surface area contributed by atoms with Crippen molar-refractivity contribution in [1.29, 1.82) is 0 Å². The van der Waals surface area contributed by atoms with Gasteiger partial charge < -0.3 is 14.6 Å². The van der Waals surface area contributed by atoms with Gasteiger partial charge in [0, 0.05) is 16.1 Å². The second kappa shape index (κ2) is 8.48. The molecule has 0 spiro atoms. The van der Waals surface area contributed by atoms with E-state index in [9.17, 15) is 14.7 Å². The Morgan fingerprint density at radius 3 is 2.48 bits per heavy atom. The highest BCUT2D eigenvalue weighted by atomic mass is 79.9. The molecule has 0 saturated carbocycles. The van der Waals surface area contributed by atoms with Crippen LogP contribution in [0.1, 0.15) is 22.8 Å². The predicted octanol–water partition coefficient (Wildman–Crippen LogP) is 3.99. The minimum absolute atomic E-state index is 0.0101. The molecule has 0 bridgehead atoms. The maximum atomic E-state index is 12.2. The Hall–Kier alpha value is -2.60. The Bertz CT molecular complexity index is 796. The Balaban J connectivity index is 1.99. The van der Waals surface area contributed by atoms with Crippen LogP contribution in [-0.2, 0) is 9.53 Å². The molecule has 0 heterocycles. The van der Waals surface area contributed by atoms with Crippen molar-refractivity contribution in [2.75, 3.05) is 7.11 Å². The first-order chi connectivity index (χ1) is 11.9. The lowest BCUT2D eigenvalue weighted by Gasteiger charge is -2.11. The first-order valence-corrected chi connectivity index (χ1v) is 8.25. The summed E-state index contributed by atoms with van der Waals surface area (Å²) in [5.41, 5.74) is 1.12. The number of methoxy groups -OCH3 is 1. The van der Waals surface area contributed by atoms with Crippen molar-refractivity contribution >= 4 is 33.8 Å². The number of hydrogen-bond donors (Lipinski definition) is 1. The standard InChI is InChI=1S/C19H17BrO5/c1-12(19(23)14-5-7-15(20)8-6-14)25-18(22)10-4-13-3-9-16(21)17(11-13)24-2/h3-12,21H,1-2H3/b10-4+/t12-/m1/s1. The van der Waals surface area contributed by atoms with E-state index in [4.69, 9.17) is 9.47 Å². The summed E-state index contributed by atoms with van der Waals surface area (Å²) in [6.45, 7) is 1.53. The van der Waals surface area contributed by atoms with Gasteiger partial charge in [0.1, 0.15) is 0 Å². The van der Waals surface area contributed by atoms with Gasteiger partial charge in [-0.05, 0) is 42.8 Å². The SMILES string of the molecule is COc1cc(/C=C/C(=O)O[C@H](C)C(=O)c2ccc(Br)cc2)ccc1O. The van der Waals surface area contributed by atoms with Gasteiger partial charge in [0.2, 0.25) is 5.78 Å². The Morgan fingerprint density at radius 2 is 1.84 bits per heavy atom. The van der Waals surface area contributed by atoms with E-state index in [1.165, 1.54) is 32.3 Å². The van der Waals surface area contributed by atoms with Gasteiger partial charge in [-0.2, -0.15) is 0 Å². The average molecular weight is 405 g/mol. The summed E-state index contributed by atoms with van der Waals surface area (Å²) in [4.78, 5) is 24.1. The number of Topliss-reactive ketones (excluding diaryl/α,β-unsaturated/α-hetero) is 1.